The summed E-state index contributed by atoms with van der Waals surface area (Å²) in [6.45, 7) is -0.953. The van der Waals surface area contributed by atoms with Gasteiger partial charge < -0.3 is 10.6 Å². The molecule has 7 heteroatoms. The van der Waals surface area contributed by atoms with Crippen molar-refractivity contribution in [3.8, 4) is 0 Å². The highest BCUT2D eigenvalue weighted by molar-refractivity contribution is 5.94. The van der Waals surface area contributed by atoms with E-state index in [2.05, 4.69) is 0 Å². The summed E-state index contributed by atoms with van der Waals surface area (Å²) in [4.78, 5) is 12.5. The number of amides is 1. The van der Waals surface area contributed by atoms with E-state index in [-0.39, 0.29) is 18.7 Å². The van der Waals surface area contributed by atoms with Crippen molar-refractivity contribution in [1.29, 1.82) is 0 Å². The predicted octanol–water partition coefficient (Wildman–Crippen LogP) is 1.63. The first-order valence-electron chi connectivity index (χ1n) is 5.17. The van der Waals surface area contributed by atoms with Gasteiger partial charge in [-0.2, -0.15) is 0 Å². The van der Waals surface area contributed by atoms with Gasteiger partial charge in [0.1, 0.15) is 11.6 Å². The van der Waals surface area contributed by atoms with Gasteiger partial charge in [-0.3, -0.25) is 4.79 Å². The van der Waals surface area contributed by atoms with Gasteiger partial charge in [0.25, 0.3) is 12.3 Å². The van der Waals surface area contributed by atoms with E-state index in [1.807, 2.05) is 0 Å². The standard InChI is InChI=1S/C11H12F4N2O/c12-8-3-7(4-9(13)5-8)11(18)17(2-1-16)6-10(14)15/h3-5,10H,1-2,6,16H2. The lowest BCUT2D eigenvalue weighted by Crippen LogP contribution is -2.38. The molecule has 0 heterocycles. The van der Waals surface area contributed by atoms with Gasteiger partial charge in [-0.25, -0.2) is 17.6 Å². The third-order valence-electron chi connectivity index (χ3n) is 2.15. The normalized spacial score (nSPS) is 10.8. The molecule has 3 nitrogen and oxygen atoms in total. The van der Waals surface area contributed by atoms with E-state index < -0.39 is 30.5 Å². The Morgan fingerprint density at radius 2 is 1.78 bits per heavy atom. The maximum atomic E-state index is 12.9. The molecule has 0 unspecified atom stereocenters. The van der Waals surface area contributed by atoms with E-state index in [4.69, 9.17) is 5.73 Å². The van der Waals surface area contributed by atoms with Gasteiger partial charge in [0.2, 0.25) is 0 Å². The van der Waals surface area contributed by atoms with E-state index in [0.29, 0.717) is 6.07 Å². The number of hydrogen-bond donors (Lipinski definition) is 1. The molecule has 0 aliphatic carbocycles. The number of halogens is 4. The van der Waals surface area contributed by atoms with Crippen LogP contribution in [-0.4, -0.2) is 36.9 Å². The van der Waals surface area contributed by atoms with Gasteiger partial charge >= 0.3 is 0 Å². The molecule has 0 bridgehead atoms. The highest BCUT2D eigenvalue weighted by Crippen LogP contribution is 2.11. The maximum Gasteiger partial charge on any atom is 0.255 e. The van der Waals surface area contributed by atoms with Crippen LogP contribution in [0.15, 0.2) is 18.2 Å². The largest absolute Gasteiger partial charge is 0.332 e. The van der Waals surface area contributed by atoms with Crippen molar-refractivity contribution < 1.29 is 22.4 Å². The Balaban J connectivity index is 2.93. The van der Waals surface area contributed by atoms with E-state index >= 15 is 0 Å². The molecule has 1 rings (SSSR count). The van der Waals surface area contributed by atoms with Gasteiger partial charge in [0.05, 0.1) is 6.54 Å². The van der Waals surface area contributed by atoms with Crippen LogP contribution in [0, 0.1) is 11.6 Å². The first-order valence-corrected chi connectivity index (χ1v) is 5.17. The molecule has 0 aliphatic heterocycles. The second-order valence-electron chi connectivity index (χ2n) is 3.59. The van der Waals surface area contributed by atoms with Crippen molar-refractivity contribution in [2.24, 2.45) is 5.73 Å². The van der Waals surface area contributed by atoms with E-state index in [1.165, 1.54) is 0 Å². The van der Waals surface area contributed by atoms with E-state index in [9.17, 15) is 22.4 Å². The molecule has 1 aromatic carbocycles. The molecule has 1 amide bonds. The van der Waals surface area contributed by atoms with E-state index in [1.54, 1.807) is 0 Å². The minimum atomic E-state index is -2.74. The fourth-order valence-corrected chi connectivity index (χ4v) is 1.46. The SMILES string of the molecule is NCCN(CC(F)F)C(=O)c1cc(F)cc(F)c1. The third-order valence-corrected chi connectivity index (χ3v) is 2.15. The molecule has 0 radical (unpaired) electrons. The van der Waals surface area contributed by atoms with Gasteiger partial charge in [0, 0.05) is 24.7 Å². The summed E-state index contributed by atoms with van der Waals surface area (Å²) in [7, 11) is 0. The van der Waals surface area contributed by atoms with Crippen molar-refractivity contribution in [2.45, 2.75) is 6.43 Å². The first kappa shape index (κ1) is 14.4. The fraction of sp³-hybridized carbons (Fsp3) is 0.364. The molecule has 0 saturated carbocycles. The third kappa shape index (κ3) is 3.99. The lowest BCUT2D eigenvalue weighted by molar-refractivity contribution is 0.0562. The number of nitrogens with zero attached hydrogens (tertiary/aromatic N) is 1. The Kier molecular flexibility index (Phi) is 5.08. The summed E-state index contributed by atoms with van der Waals surface area (Å²) in [5, 5.41) is 0. The van der Waals surface area contributed by atoms with Crippen LogP contribution in [0.1, 0.15) is 10.4 Å². The highest BCUT2D eigenvalue weighted by atomic mass is 19.3. The van der Waals surface area contributed by atoms with Gasteiger partial charge in [-0.15, -0.1) is 0 Å². The zero-order chi connectivity index (χ0) is 13.7. The summed E-state index contributed by atoms with van der Waals surface area (Å²) in [5.74, 6) is -2.76. The van der Waals surface area contributed by atoms with Crippen molar-refractivity contribution in [2.75, 3.05) is 19.6 Å². The van der Waals surface area contributed by atoms with Gasteiger partial charge in [-0.1, -0.05) is 0 Å². The molecule has 18 heavy (non-hydrogen) atoms. The summed E-state index contributed by atoms with van der Waals surface area (Å²) in [6, 6.07) is 2.18. The van der Waals surface area contributed by atoms with Crippen molar-refractivity contribution >= 4 is 5.91 Å². The van der Waals surface area contributed by atoms with Crippen LogP contribution in [0.25, 0.3) is 0 Å². The summed E-state index contributed by atoms with van der Waals surface area (Å²) in [5.41, 5.74) is 4.88. The second kappa shape index (κ2) is 6.34. The topological polar surface area (TPSA) is 46.3 Å². The zero-order valence-electron chi connectivity index (χ0n) is 9.38. The Labute approximate surface area is 101 Å². The first-order chi connectivity index (χ1) is 8.43. The number of rotatable bonds is 5. The molecular formula is C11H12F4N2O. The molecule has 0 fully saturated rings. The predicted molar refractivity (Wildman–Crippen MR) is 57.3 cm³/mol. The van der Waals surface area contributed by atoms with E-state index in [0.717, 1.165) is 17.0 Å². The molecule has 1 aromatic rings. The average Bonchev–Trinajstić information content (AvgIpc) is 2.25. The van der Waals surface area contributed by atoms with Crippen LogP contribution in [0.4, 0.5) is 17.6 Å². The number of carbonyl (C=O) groups is 1. The Bertz CT molecular complexity index is 405. The number of nitrogens with two attached hydrogens (primary N) is 1. The average molecular weight is 264 g/mol. The van der Waals surface area contributed by atoms with Crippen LogP contribution in [0.3, 0.4) is 0 Å². The number of alkyl halides is 2. The minimum Gasteiger partial charge on any atom is -0.332 e. The zero-order valence-corrected chi connectivity index (χ0v) is 9.38. The van der Waals surface area contributed by atoms with Crippen LogP contribution >= 0.6 is 0 Å². The second-order valence-corrected chi connectivity index (χ2v) is 3.59. The van der Waals surface area contributed by atoms with Gasteiger partial charge in [-0.05, 0) is 12.1 Å². The highest BCUT2D eigenvalue weighted by Gasteiger charge is 2.20. The van der Waals surface area contributed by atoms with Crippen molar-refractivity contribution in [1.82, 2.24) is 4.90 Å². The quantitative estimate of drug-likeness (QED) is 0.822. The van der Waals surface area contributed by atoms with Crippen LogP contribution in [0.5, 0.6) is 0 Å². The Morgan fingerprint density at radius 3 is 2.22 bits per heavy atom. The number of hydrogen-bond acceptors (Lipinski definition) is 2. The fourth-order valence-electron chi connectivity index (χ4n) is 1.46. The molecule has 100 valence electrons. The number of carbonyl (C=O) groups excluding carboxylic acids is 1. The lowest BCUT2D eigenvalue weighted by atomic mass is 10.2. The smallest absolute Gasteiger partial charge is 0.255 e. The number of benzene rings is 1. The molecule has 0 aromatic heterocycles. The summed E-state index contributed by atoms with van der Waals surface area (Å²) < 4.78 is 50.4. The Hall–Kier alpha value is -1.63. The van der Waals surface area contributed by atoms with Crippen LogP contribution in [-0.2, 0) is 0 Å². The summed E-state index contributed by atoms with van der Waals surface area (Å²) >= 11 is 0. The van der Waals surface area contributed by atoms with Gasteiger partial charge in [0.15, 0.2) is 0 Å². The molecule has 0 spiro atoms. The van der Waals surface area contributed by atoms with Crippen LogP contribution in [0.2, 0.25) is 0 Å². The minimum absolute atomic E-state index is 0.0176. The van der Waals surface area contributed by atoms with Crippen molar-refractivity contribution in [3.63, 3.8) is 0 Å². The molecule has 0 atom stereocenters. The molecule has 2 N–H and O–H groups in total. The molecule has 0 aliphatic rings. The maximum absolute atomic E-state index is 12.9. The summed E-state index contributed by atoms with van der Waals surface area (Å²) in [6.07, 6.45) is -2.74. The van der Waals surface area contributed by atoms with Crippen molar-refractivity contribution in [3.05, 3.63) is 35.4 Å². The molecule has 0 saturated heterocycles. The van der Waals surface area contributed by atoms with Crippen LogP contribution < -0.4 is 5.73 Å². The monoisotopic (exact) mass is 264 g/mol. The Morgan fingerprint density at radius 1 is 1.22 bits per heavy atom. The molecular weight excluding hydrogens is 252 g/mol. The lowest BCUT2D eigenvalue weighted by Gasteiger charge is -2.21.